The molecular formula is C19H16ClF3N6O2. The van der Waals surface area contributed by atoms with Crippen molar-refractivity contribution in [2.75, 3.05) is 7.05 Å². The molecule has 162 valence electrons. The summed E-state index contributed by atoms with van der Waals surface area (Å²) in [5.74, 6) is -0.453. The lowest BCUT2D eigenvalue weighted by Crippen LogP contribution is -2.29. The van der Waals surface area contributed by atoms with E-state index in [0.717, 1.165) is 18.2 Å². The van der Waals surface area contributed by atoms with Gasteiger partial charge in [-0.2, -0.15) is 23.0 Å². The molecule has 8 nitrogen and oxygen atoms in total. The number of aromatic nitrogens is 4. The number of hydrogen-bond acceptors (Lipinski definition) is 5. The van der Waals surface area contributed by atoms with Gasteiger partial charge < -0.3 is 10.6 Å². The van der Waals surface area contributed by atoms with Gasteiger partial charge in [-0.05, 0) is 37.3 Å². The standard InChI is InChI=1S/C19H16ClF3N6O2/c1-10(28-18(31)12-5-13(19(21,22)23)7-14(20)6-12)16-26-9-27-29(16)15-4-3-11(8-25-15)17(30)24-2/h3-10H,1-2H3,(H,24,30)(H,28,31)/t10-/m0/s1. The second kappa shape index (κ2) is 8.72. The molecular weight excluding hydrogens is 437 g/mol. The maximum Gasteiger partial charge on any atom is 0.416 e. The molecule has 1 aromatic carbocycles. The van der Waals surface area contributed by atoms with Gasteiger partial charge in [-0.15, -0.1) is 0 Å². The zero-order valence-electron chi connectivity index (χ0n) is 16.2. The Morgan fingerprint density at radius 3 is 2.45 bits per heavy atom. The predicted molar refractivity (Wildman–Crippen MR) is 105 cm³/mol. The average molecular weight is 453 g/mol. The molecule has 0 fully saturated rings. The molecule has 0 aliphatic carbocycles. The third-order valence-electron chi connectivity index (χ3n) is 4.25. The fraction of sp³-hybridized carbons (Fsp3) is 0.211. The lowest BCUT2D eigenvalue weighted by Gasteiger charge is -2.15. The fourth-order valence-corrected chi connectivity index (χ4v) is 2.98. The quantitative estimate of drug-likeness (QED) is 0.619. The number of carbonyl (C=O) groups excluding carboxylic acids is 2. The molecule has 2 heterocycles. The van der Waals surface area contributed by atoms with Gasteiger partial charge in [-0.3, -0.25) is 9.59 Å². The molecule has 3 rings (SSSR count). The molecule has 1 atom stereocenters. The van der Waals surface area contributed by atoms with Crippen LogP contribution < -0.4 is 10.6 Å². The molecule has 31 heavy (non-hydrogen) atoms. The first-order chi connectivity index (χ1) is 14.6. The predicted octanol–water partition coefficient (Wildman–Crippen LogP) is 3.19. The normalized spacial score (nSPS) is 12.3. The highest BCUT2D eigenvalue weighted by Crippen LogP contribution is 2.32. The minimum atomic E-state index is -4.64. The van der Waals surface area contributed by atoms with E-state index in [1.54, 1.807) is 19.1 Å². The van der Waals surface area contributed by atoms with Crippen molar-refractivity contribution >= 4 is 23.4 Å². The van der Waals surface area contributed by atoms with Crippen LogP contribution in [-0.4, -0.2) is 38.6 Å². The van der Waals surface area contributed by atoms with Crippen LogP contribution in [0.4, 0.5) is 13.2 Å². The number of nitrogens with one attached hydrogen (secondary N) is 2. The molecule has 0 aliphatic heterocycles. The summed E-state index contributed by atoms with van der Waals surface area (Å²) in [6, 6.07) is 4.96. The van der Waals surface area contributed by atoms with Crippen molar-refractivity contribution in [3.8, 4) is 5.82 Å². The summed E-state index contributed by atoms with van der Waals surface area (Å²) in [4.78, 5) is 32.4. The van der Waals surface area contributed by atoms with Crippen LogP contribution in [0.5, 0.6) is 0 Å². The molecule has 3 aromatic rings. The number of pyridine rings is 1. The number of hydrogen-bond donors (Lipinski definition) is 2. The minimum absolute atomic E-state index is 0.212. The van der Waals surface area contributed by atoms with Crippen molar-refractivity contribution in [2.24, 2.45) is 0 Å². The van der Waals surface area contributed by atoms with Gasteiger partial charge >= 0.3 is 6.18 Å². The second-order valence-corrected chi connectivity index (χ2v) is 6.87. The van der Waals surface area contributed by atoms with Crippen molar-refractivity contribution < 1.29 is 22.8 Å². The number of benzene rings is 1. The zero-order valence-corrected chi connectivity index (χ0v) is 17.0. The highest BCUT2D eigenvalue weighted by Gasteiger charge is 2.32. The first-order valence-electron chi connectivity index (χ1n) is 8.87. The Morgan fingerprint density at radius 1 is 1.10 bits per heavy atom. The van der Waals surface area contributed by atoms with Gasteiger partial charge in [0.1, 0.15) is 6.33 Å². The Labute approximate surface area is 179 Å². The molecule has 0 aliphatic rings. The van der Waals surface area contributed by atoms with Crippen LogP contribution in [-0.2, 0) is 6.18 Å². The van der Waals surface area contributed by atoms with Gasteiger partial charge in [-0.1, -0.05) is 11.6 Å². The van der Waals surface area contributed by atoms with Gasteiger partial charge in [0.15, 0.2) is 11.6 Å². The van der Waals surface area contributed by atoms with Gasteiger partial charge in [0.2, 0.25) is 0 Å². The Morgan fingerprint density at radius 2 is 1.84 bits per heavy atom. The fourth-order valence-electron chi connectivity index (χ4n) is 2.74. The van der Waals surface area contributed by atoms with E-state index in [-0.39, 0.29) is 22.3 Å². The van der Waals surface area contributed by atoms with Crippen LogP contribution in [0.2, 0.25) is 5.02 Å². The third-order valence-corrected chi connectivity index (χ3v) is 4.47. The Bertz CT molecular complexity index is 1110. The number of carbonyl (C=O) groups is 2. The average Bonchev–Trinajstić information content (AvgIpc) is 3.22. The van der Waals surface area contributed by atoms with Crippen molar-refractivity contribution in [2.45, 2.75) is 19.1 Å². The van der Waals surface area contributed by atoms with Crippen molar-refractivity contribution in [3.05, 3.63) is 70.4 Å². The van der Waals surface area contributed by atoms with Crippen molar-refractivity contribution in [3.63, 3.8) is 0 Å². The number of amides is 2. The van der Waals surface area contributed by atoms with Gasteiger partial charge in [0.05, 0.1) is 17.2 Å². The molecule has 0 saturated heterocycles. The van der Waals surface area contributed by atoms with E-state index in [2.05, 4.69) is 25.7 Å². The summed E-state index contributed by atoms with van der Waals surface area (Å²) in [7, 11) is 1.49. The molecule has 0 saturated carbocycles. The van der Waals surface area contributed by atoms with E-state index >= 15 is 0 Å². The molecule has 0 radical (unpaired) electrons. The van der Waals surface area contributed by atoms with E-state index < -0.39 is 23.7 Å². The maximum absolute atomic E-state index is 13.0. The highest BCUT2D eigenvalue weighted by atomic mass is 35.5. The van der Waals surface area contributed by atoms with Gasteiger partial charge in [0.25, 0.3) is 11.8 Å². The van der Waals surface area contributed by atoms with Crippen LogP contribution in [0.25, 0.3) is 5.82 Å². The maximum atomic E-state index is 13.0. The van der Waals surface area contributed by atoms with E-state index in [1.165, 1.54) is 24.3 Å². The van der Waals surface area contributed by atoms with Crippen molar-refractivity contribution in [1.82, 2.24) is 30.4 Å². The molecule has 12 heteroatoms. The summed E-state index contributed by atoms with van der Waals surface area (Å²) in [6.07, 6.45) is -2.04. The summed E-state index contributed by atoms with van der Waals surface area (Å²) < 4.78 is 40.3. The largest absolute Gasteiger partial charge is 0.416 e. The first kappa shape index (κ1) is 22.2. The van der Waals surface area contributed by atoms with E-state index in [4.69, 9.17) is 11.6 Å². The number of alkyl halides is 3. The minimum Gasteiger partial charge on any atom is -0.355 e. The van der Waals surface area contributed by atoms with Crippen LogP contribution >= 0.6 is 11.6 Å². The Hall–Kier alpha value is -3.47. The van der Waals surface area contributed by atoms with Crippen LogP contribution in [0.1, 0.15) is 45.1 Å². The van der Waals surface area contributed by atoms with Crippen LogP contribution in [0.3, 0.4) is 0 Å². The number of rotatable bonds is 5. The van der Waals surface area contributed by atoms with Crippen LogP contribution in [0.15, 0.2) is 42.9 Å². The third kappa shape index (κ3) is 5.00. The molecule has 2 amide bonds. The number of nitrogens with zero attached hydrogens (tertiary/aromatic N) is 4. The van der Waals surface area contributed by atoms with Crippen molar-refractivity contribution in [1.29, 1.82) is 0 Å². The highest BCUT2D eigenvalue weighted by molar-refractivity contribution is 6.31. The lowest BCUT2D eigenvalue weighted by atomic mass is 10.1. The van der Waals surface area contributed by atoms with Gasteiger partial charge in [0, 0.05) is 23.8 Å². The smallest absolute Gasteiger partial charge is 0.355 e. The SMILES string of the molecule is CNC(=O)c1ccc(-n2ncnc2[C@H](C)NC(=O)c2cc(Cl)cc(C(F)(F)F)c2)nc1. The van der Waals surface area contributed by atoms with E-state index in [9.17, 15) is 22.8 Å². The van der Waals surface area contributed by atoms with E-state index in [0.29, 0.717) is 11.4 Å². The molecule has 0 unspecified atom stereocenters. The van der Waals surface area contributed by atoms with E-state index in [1.807, 2.05) is 0 Å². The monoisotopic (exact) mass is 452 g/mol. The topological polar surface area (TPSA) is 102 Å². The second-order valence-electron chi connectivity index (χ2n) is 6.44. The number of halogens is 4. The molecule has 0 bridgehead atoms. The van der Waals surface area contributed by atoms with Gasteiger partial charge in [-0.25, -0.2) is 9.97 Å². The zero-order chi connectivity index (χ0) is 22.8. The summed E-state index contributed by atoms with van der Waals surface area (Å²) >= 11 is 5.74. The molecule has 2 N–H and O–H groups in total. The first-order valence-corrected chi connectivity index (χ1v) is 9.25. The Kier molecular flexibility index (Phi) is 6.25. The molecule has 0 spiro atoms. The summed E-state index contributed by atoms with van der Waals surface area (Å²) in [5, 5.41) is 8.90. The Balaban J connectivity index is 1.82. The molecule has 2 aromatic heterocycles. The van der Waals surface area contributed by atoms with Crippen LogP contribution in [0, 0.1) is 0 Å². The summed E-state index contributed by atoms with van der Waals surface area (Å²) in [5.41, 5.74) is -0.928. The summed E-state index contributed by atoms with van der Waals surface area (Å²) in [6.45, 7) is 1.59. The lowest BCUT2D eigenvalue weighted by molar-refractivity contribution is -0.137.